The number of hydrogen-bond donors (Lipinski definition) is 5. The largest absolute Gasteiger partial charge is 0.349 e. The third-order valence-electron chi connectivity index (χ3n) is 10.1. The first kappa shape index (κ1) is 55.5. The summed E-state index contributed by atoms with van der Waals surface area (Å²) in [7, 11) is 3.29. The maximum absolute atomic E-state index is 13.9. The Balaban J connectivity index is 0.00000870. The zero-order valence-electron chi connectivity index (χ0n) is 34.2. The van der Waals surface area contributed by atoms with Gasteiger partial charge in [-0.15, -0.1) is 49.6 Å². The Hall–Kier alpha value is -4.48. The van der Waals surface area contributed by atoms with Crippen LogP contribution in [-0.2, 0) is 19.2 Å². The van der Waals surface area contributed by atoms with E-state index in [1.165, 1.54) is 6.20 Å². The van der Waals surface area contributed by atoms with Crippen molar-refractivity contribution < 1.29 is 28.8 Å². The summed E-state index contributed by atoms with van der Waals surface area (Å²) >= 11 is 0. The first-order chi connectivity index (χ1) is 27.0. The van der Waals surface area contributed by atoms with Crippen LogP contribution in [0.3, 0.4) is 0 Å². The summed E-state index contributed by atoms with van der Waals surface area (Å²) in [6.45, 7) is 4.57. The van der Waals surface area contributed by atoms with E-state index in [0.717, 1.165) is 19.3 Å². The molecule has 330 valence electrons. The molecule has 0 aromatic carbocycles. The van der Waals surface area contributed by atoms with Crippen molar-refractivity contribution in [3.05, 3.63) is 60.2 Å². The van der Waals surface area contributed by atoms with Crippen molar-refractivity contribution in [1.29, 1.82) is 0 Å². The second-order valence-electron chi connectivity index (χ2n) is 13.9. The fraction of sp³-hybridized carbons (Fsp3) is 0.512. The van der Waals surface area contributed by atoms with E-state index in [2.05, 4.69) is 60.2 Å². The minimum Gasteiger partial charge on any atom is -0.349 e. The van der Waals surface area contributed by atoms with E-state index in [-0.39, 0.29) is 129 Å². The molecule has 0 radical (unpaired) electrons. The van der Waals surface area contributed by atoms with Crippen LogP contribution < -0.4 is 26.6 Å². The molecule has 0 saturated carbocycles. The van der Waals surface area contributed by atoms with Gasteiger partial charge in [-0.3, -0.25) is 38.7 Å². The van der Waals surface area contributed by atoms with Gasteiger partial charge in [-0.05, 0) is 96.2 Å². The summed E-state index contributed by atoms with van der Waals surface area (Å²) in [5.74, 6) is 9.56. The molecule has 0 bridgehead atoms. The SMILES string of the molecule is CN[C@@H](C)C(=O)N[C@@H](CC#CC#CC[C@H](NC(=O)[C@H](C)NC)C(=O)N1CCC[C@H]1CNC(=O)c1ccccn1)C(=O)N1CCC[C@H]1CCC(=O)c1ccccn1.Cl.Cl.Cl.Cl. The predicted molar refractivity (Wildman–Crippen MR) is 239 cm³/mol. The number of rotatable bonds is 17. The van der Waals surface area contributed by atoms with E-state index < -0.39 is 24.2 Å². The molecule has 2 aromatic heterocycles. The summed E-state index contributed by atoms with van der Waals surface area (Å²) in [6, 6.07) is 6.80. The normalized spacial score (nSPS) is 17.0. The molecule has 19 heteroatoms. The van der Waals surface area contributed by atoms with Gasteiger partial charge in [0.15, 0.2) is 5.78 Å². The van der Waals surface area contributed by atoms with Crippen molar-refractivity contribution in [3.8, 4) is 23.7 Å². The van der Waals surface area contributed by atoms with E-state index >= 15 is 0 Å². The smallest absolute Gasteiger partial charge is 0.269 e. The van der Waals surface area contributed by atoms with Gasteiger partial charge in [-0.25, -0.2) is 0 Å². The van der Waals surface area contributed by atoms with Crippen molar-refractivity contribution >= 4 is 84.9 Å². The molecule has 2 saturated heterocycles. The predicted octanol–water partition coefficient (Wildman–Crippen LogP) is 2.51. The highest BCUT2D eigenvalue weighted by molar-refractivity contribution is 5.94. The van der Waals surface area contributed by atoms with Crippen molar-refractivity contribution in [2.24, 2.45) is 0 Å². The Labute approximate surface area is 377 Å². The molecule has 60 heavy (non-hydrogen) atoms. The number of hydrogen-bond acceptors (Lipinski definition) is 10. The molecule has 6 atom stereocenters. The minimum absolute atomic E-state index is 0. The van der Waals surface area contributed by atoms with Crippen LogP contribution in [0.5, 0.6) is 0 Å². The van der Waals surface area contributed by atoms with Crippen molar-refractivity contribution in [2.45, 2.75) is 101 Å². The number of Topliss-reactive ketones (excluding diaryl/α,β-unsaturated/α-hetero) is 1. The highest BCUT2D eigenvalue weighted by atomic mass is 35.5. The first-order valence-electron chi connectivity index (χ1n) is 19.2. The number of carbonyl (C=O) groups excluding carboxylic acids is 6. The molecule has 2 aliphatic heterocycles. The Morgan fingerprint density at radius 3 is 1.63 bits per heavy atom. The highest BCUT2D eigenvalue weighted by Gasteiger charge is 2.36. The molecule has 0 unspecified atom stereocenters. The lowest BCUT2D eigenvalue weighted by atomic mass is 10.0. The van der Waals surface area contributed by atoms with Gasteiger partial charge < -0.3 is 36.4 Å². The number of carbonyl (C=O) groups is 6. The lowest BCUT2D eigenvalue weighted by Gasteiger charge is -2.29. The molecular formula is C41H57Cl4N9O6. The quantitative estimate of drug-likeness (QED) is 0.116. The van der Waals surface area contributed by atoms with E-state index in [0.29, 0.717) is 31.6 Å². The summed E-state index contributed by atoms with van der Waals surface area (Å²) < 4.78 is 0. The highest BCUT2D eigenvalue weighted by Crippen LogP contribution is 2.24. The second-order valence-corrected chi connectivity index (χ2v) is 13.9. The molecule has 2 aliphatic rings. The summed E-state index contributed by atoms with van der Waals surface area (Å²) in [5.41, 5.74) is 0.668. The lowest BCUT2D eigenvalue weighted by Crippen LogP contribution is -2.54. The average Bonchev–Trinajstić information content (AvgIpc) is 3.91. The molecule has 5 amide bonds. The van der Waals surface area contributed by atoms with Crippen LogP contribution >= 0.6 is 49.6 Å². The molecule has 4 rings (SSSR count). The molecule has 5 N–H and O–H groups in total. The number of ketones is 1. The maximum atomic E-state index is 13.9. The van der Waals surface area contributed by atoms with Crippen LogP contribution in [0, 0.1) is 23.7 Å². The van der Waals surface area contributed by atoms with Gasteiger partial charge in [-0.2, -0.15) is 0 Å². The van der Waals surface area contributed by atoms with Crippen LogP contribution in [0.2, 0.25) is 0 Å². The Morgan fingerprint density at radius 1 is 0.700 bits per heavy atom. The number of halogens is 4. The topological polar surface area (TPSA) is 195 Å². The fourth-order valence-electron chi connectivity index (χ4n) is 6.57. The Bertz CT molecular complexity index is 1690. The van der Waals surface area contributed by atoms with E-state index in [4.69, 9.17) is 0 Å². The number of aromatic nitrogens is 2. The molecule has 2 aromatic rings. The standard InChI is InChI=1S/C41H53N9O6.4ClH/c1-28(42-3)37(52)47-34(40(55)49-25-13-15-30(49)21-22-36(51)32-17-9-11-23-44-32)19-7-5-6-8-20-35(48-38(53)29(2)43-4)41(56)50-26-14-16-31(50)27-46-39(54)33-18-10-12-24-45-33;;;;/h9-12,17-18,23-24,28-31,34-35,42-43H,13-16,19-22,25-27H2,1-4H3,(H,46,54)(H,47,52)(H,48,53);4*1H/t28-,29-,30-,31-,34-,35-;;;;/m0..../s1. The minimum atomic E-state index is -0.965. The number of nitrogens with zero attached hydrogens (tertiary/aromatic N) is 4. The third kappa shape index (κ3) is 16.5. The van der Waals surface area contributed by atoms with Gasteiger partial charge in [0, 0.05) is 63.4 Å². The zero-order valence-corrected chi connectivity index (χ0v) is 37.5. The van der Waals surface area contributed by atoms with Gasteiger partial charge in [-0.1, -0.05) is 24.0 Å². The Kier molecular flexibility index (Phi) is 26.7. The number of likely N-dealkylation sites (tertiary alicyclic amines) is 2. The first-order valence-corrected chi connectivity index (χ1v) is 19.2. The van der Waals surface area contributed by atoms with E-state index in [9.17, 15) is 28.8 Å². The number of nitrogens with one attached hydrogen (secondary N) is 5. The fourth-order valence-corrected chi connectivity index (χ4v) is 6.57. The molecule has 0 aliphatic carbocycles. The van der Waals surface area contributed by atoms with Crippen molar-refractivity contribution in [3.63, 3.8) is 0 Å². The van der Waals surface area contributed by atoms with Gasteiger partial charge in [0.1, 0.15) is 23.5 Å². The molecular weight excluding hydrogens is 856 g/mol. The van der Waals surface area contributed by atoms with Crippen molar-refractivity contribution in [1.82, 2.24) is 46.4 Å². The number of pyridine rings is 2. The molecule has 0 spiro atoms. The third-order valence-corrected chi connectivity index (χ3v) is 10.1. The van der Waals surface area contributed by atoms with Crippen LogP contribution in [-0.4, -0.2) is 125 Å². The Morgan fingerprint density at radius 2 is 1.17 bits per heavy atom. The van der Waals surface area contributed by atoms with Crippen LogP contribution in [0.25, 0.3) is 0 Å². The number of amides is 5. The van der Waals surface area contributed by atoms with E-state index in [1.807, 2.05) is 0 Å². The summed E-state index contributed by atoms with van der Waals surface area (Å²) in [5, 5.41) is 14.3. The van der Waals surface area contributed by atoms with Gasteiger partial charge >= 0.3 is 0 Å². The zero-order chi connectivity index (χ0) is 40.5. The molecule has 15 nitrogen and oxygen atoms in total. The van der Waals surface area contributed by atoms with Crippen molar-refractivity contribution in [2.75, 3.05) is 33.7 Å². The van der Waals surface area contributed by atoms with Gasteiger partial charge in [0.25, 0.3) is 5.91 Å². The monoisotopic (exact) mass is 911 g/mol. The van der Waals surface area contributed by atoms with Crippen LogP contribution in [0.4, 0.5) is 0 Å². The molecule has 4 heterocycles. The second kappa shape index (κ2) is 28.9. The lowest BCUT2D eigenvalue weighted by molar-refractivity contribution is -0.137. The van der Waals surface area contributed by atoms with E-state index in [1.54, 1.807) is 80.3 Å². The summed E-state index contributed by atoms with van der Waals surface area (Å²) in [4.78, 5) is 90.4. The molecule has 2 fully saturated rings. The van der Waals surface area contributed by atoms with Gasteiger partial charge in [0.05, 0.1) is 12.1 Å². The van der Waals surface area contributed by atoms with Gasteiger partial charge in [0.2, 0.25) is 23.6 Å². The number of likely N-dealkylation sites (N-methyl/N-ethyl adjacent to an activating group) is 2. The average molecular weight is 914 g/mol. The maximum Gasteiger partial charge on any atom is 0.269 e. The summed E-state index contributed by atoms with van der Waals surface area (Å²) in [6.07, 6.45) is 6.75. The van der Waals surface area contributed by atoms with Crippen LogP contribution in [0.15, 0.2) is 48.8 Å². The van der Waals surface area contributed by atoms with Crippen LogP contribution in [0.1, 0.15) is 86.2 Å².